The lowest BCUT2D eigenvalue weighted by atomic mass is 10.0. The number of anilines is 2. The third-order valence-corrected chi connectivity index (χ3v) is 7.12. The van der Waals surface area contributed by atoms with Crippen molar-refractivity contribution in [3.63, 3.8) is 0 Å². The van der Waals surface area contributed by atoms with Crippen molar-refractivity contribution in [3.05, 3.63) is 57.6 Å². The third kappa shape index (κ3) is 4.36. The molecule has 0 aromatic heterocycles. The quantitative estimate of drug-likeness (QED) is 0.553. The zero-order valence-electron chi connectivity index (χ0n) is 17.5. The normalized spacial score (nSPS) is 18.3. The van der Waals surface area contributed by atoms with Crippen molar-refractivity contribution in [3.8, 4) is 0 Å². The van der Waals surface area contributed by atoms with Crippen LogP contribution in [0.3, 0.4) is 0 Å². The van der Waals surface area contributed by atoms with Gasteiger partial charge < -0.3 is 14.4 Å². The maximum atomic E-state index is 12.9. The number of nitrogens with zero attached hydrogens (tertiary/aromatic N) is 2. The summed E-state index contributed by atoms with van der Waals surface area (Å²) in [7, 11) is -3.98. The molecule has 2 fully saturated rings. The Bertz CT molecular complexity index is 1100. The number of aryl methyl sites for hydroxylation is 2. The molecule has 1 spiro atoms. The van der Waals surface area contributed by atoms with Crippen LogP contribution in [-0.4, -0.2) is 45.4 Å². The van der Waals surface area contributed by atoms with E-state index >= 15 is 0 Å². The molecular weight excluding hydrogens is 422 g/mol. The van der Waals surface area contributed by atoms with Crippen LogP contribution in [0.2, 0.25) is 0 Å². The molecule has 0 amide bonds. The Morgan fingerprint density at radius 3 is 2.35 bits per heavy atom. The fourth-order valence-electron chi connectivity index (χ4n) is 4.09. The molecule has 1 N–H and O–H groups in total. The molecule has 2 aromatic rings. The van der Waals surface area contributed by atoms with E-state index in [0.29, 0.717) is 50.5 Å². The number of sulfonamides is 1. The minimum Gasteiger partial charge on any atom is -0.366 e. The Balaban J connectivity index is 1.59. The van der Waals surface area contributed by atoms with Crippen LogP contribution in [0.1, 0.15) is 24.0 Å². The molecular formula is C21H25N3O6S. The summed E-state index contributed by atoms with van der Waals surface area (Å²) < 4.78 is 39.7. The van der Waals surface area contributed by atoms with Gasteiger partial charge in [0.15, 0.2) is 5.79 Å². The molecule has 0 saturated carbocycles. The lowest BCUT2D eigenvalue weighted by Gasteiger charge is -2.38. The molecule has 2 aliphatic heterocycles. The molecule has 0 unspecified atom stereocenters. The average molecular weight is 448 g/mol. The first-order valence-corrected chi connectivity index (χ1v) is 11.6. The Hall–Kier alpha value is -2.69. The summed E-state index contributed by atoms with van der Waals surface area (Å²) in [4.78, 5) is 12.9. The maximum Gasteiger partial charge on any atom is 0.293 e. The van der Waals surface area contributed by atoms with Gasteiger partial charge in [0, 0.05) is 32.0 Å². The first kappa shape index (κ1) is 21.5. The van der Waals surface area contributed by atoms with Crippen molar-refractivity contribution >= 4 is 27.1 Å². The fraction of sp³-hybridized carbons (Fsp3) is 0.429. The highest BCUT2D eigenvalue weighted by atomic mass is 32.2. The van der Waals surface area contributed by atoms with E-state index in [4.69, 9.17) is 9.47 Å². The molecule has 0 aliphatic carbocycles. The van der Waals surface area contributed by atoms with Gasteiger partial charge in [-0.3, -0.25) is 14.8 Å². The minimum absolute atomic E-state index is 0.154. The number of nitro benzene ring substituents is 1. The highest BCUT2D eigenvalue weighted by molar-refractivity contribution is 7.92. The second kappa shape index (κ2) is 8.10. The lowest BCUT2D eigenvalue weighted by molar-refractivity contribution is -0.384. The van der Waals surface area contributed by atoms with Crippen LogP contribution in [-0.2, 0) is 19.5 Å². The molecule has 0 atom stereocenters. The molecule has 0 bridgehead atoms. The standard InChI is InChI=1S/C21H25N3O6S/c1-15-3-5-18(16(2)13-15)22-31(27,28)17-4-6-19(20(14-17)24(25)26)23-9-7-21(8-10-23)29-11-12-30-21/h3-6,13-14,22H,7-12H2,1-2H3. The fourth-order valence-corrected chi connectivity index (χ4v) is 5.24. The number of rotatable bonds is 5. The van der Waals surface area contributed by atoms with Crippen molar-refractivity contribution in [2.24, 2.45) is 0 Å². The molecule has 2 aromatic carbocycles. The Labute approximate surface area is 181 Å². The van der Waals surface area contributed by atoms with Crippen LogP contribution in [0, 0.1) is 24.0 Å². The first-order valence-electron chi connectivity index (χ1n) is 10.1. The van der Waals surface area contributed by atoms with E-state index in [1.165, 1.54) is 12.1 Å². The first-order chi connectivity index (χ1) is 14.7. The van der Waals surface area contributed by atoms with Crippen LogP contribution >= 0.6 is 0 Å². The van der Waals surface area contributed by atoms with Gasteiger partial charge in [-0.05, 0) is 37.6 Å². The van der Waals surface area contributed by atoms with E-state index in [9.17, 15) is 18.5 Å². The summed E-state index contributed by atoms with van der Waals surface area (Å²) >= 11 is 0. The monoisotopic (exact) mass is 447 g/mol. The zero-order valence-corrected chi connectivity index (χ0v) is 18.3. The summed E-state index contributed by atoms with van der Waals surface area (Å²) in [5.74, 6) is -0.593. The molecule has 0 radical (unpaired) electrons. The predicted octanol–water partition coefficient (Wildman–Crippen LogP) is 3.36. The molecule has 10 heteroatoms. The Morgan fingerprint density at radius 1 is 1.06 bits per heavy atom. The molecule has 31 heavy (non-hydrogen) atoms. The minimum atomic E-state index is -3.98. The molecule has 166 valence electrons. The number of ether oxygens (including phenoxy) is 2. The van der Waals surface area contributed by atoms with Crippen LogP contribution in [0.25, 0.3) is 0 Å². The van der Waals surface area contributed by atoms with Gasteiger partial charge in [0.25, 0.3) is 15.7 Å². The van der Waals surface area contributed by atoms with Crippen LogP contribution < -0.4 is 9.62 Å². The van der Waals surface area contributed by atoms with Gasteiger partial charge in [-0.2, -0.15) is 0 Å². The van der Waals surface area contributed by atoms with Gasteiger partial charge in [-0.15, -0.1) is 0 Å². The second-order valence-electron chi connectivity index (χ2n) is 7.93. The van der Waals surface area contributed by atoms with E-state index in [-0.39, 0.29) is 10.6 Å². The number of benzene rings is 2. The van der Waals surface area contributed by atoms with E-state index in [0.717, 1.165) is 17.2 Å². The Kier molecular flexibility index (Phi) is 5.63. The number of nitro groups is 1. The van der Waals surface area contributed by atoms with Crippen molar-refractivity contribution in [1.82, 2.24) is 0 Å². The number of piperidine rings is 1. The smallest absolute Gasteiger partial charge is 0.293 e. The second-order valence-corrected chi connectivity index (χ2v) is 9.61. The van der Waals surface area contributed by atoms with Crippen LogP contribution in [0.4, 0.5) is 17.1 Å². The highest BCUT2D eigenvalue weighted by Gasteiger charge is 2.40. The average Bonchev–Trinajstić information content (AvgIpc) is 3.18. The molecule has 2 saturated heterocycles. The maximum absolute atomic E-state index is 12.9. The summed E-state index contributed by atoms with van der Waals surface area (Å²) in [6.45, 7) is 5.87. The van der Waals surface area contributed by atoms with E-state index in [1.54, 1.807) is 19.1 Å². The van der Waals surface area contributed by atoms with Crippen LogP contribution in [0.5, 0.6) is 0 Å². The van der Waals surface area contributed by atoms with Gasteiger partial charge in [-0.25, -0.2) is 8.42 Å². The SMILES string of the molecule is Cc1ccc(NS(=O)(=O)c2ccc(N3CCC4(CC3)OCCO4)c([N+](=O)[O-])c2)c(C)c1. The van der Waals surface area contributed by atoms with E-state index in [1.807, 2.05) is 17.9 Å². The molecule has 9 nitrogen and oxygen atoms in total. The Morgan fingerprint density at radius 2 is 1.74 bits per heavy atom. The number of hydrogen-bond donors (Lipinski definition) is 1. The highest BCUT2D eigenvalue weighted by Crippen LogP contribution is 2.37. The van der Waals surface area contributed by atoms with E-state index < -0.39 is 20.7 Å². The third-order valence-electron chi connectivity index (χ3n) is 5.76. The van der Waals surface area contributed by atoms with E-state index in [2.05, 4.69) is 4.72 Å². The van der Waals surface area contributed by atoms with Crippen molar-refractivity contribution in [2.75, 3.05) is 35.9 Å². The number of nitrogens with one attached hydrogen (secondary N) is 1. The largest absolute Gasteiger partial charge is 0.366 e. The van der Waals surface area contributed by atoms with Crippen LogP contribution in [0.15, 0.2) is 41.3 Å². The topological polar surface area (TPSA) is 111 Å². The summed E-state index contributed by atoms with van der Waals surface area (Å²) in [5, 5.41) is 11.8. The van der Waals surface area contributed by atoms with Crippen molar-refractivity contribution in [1.29, 1.82) is 0 Å². The summed E-state index contributed by atoms with van der Waals surface area (Å²) in [5.41, 5.74) is 2.37. The lowest BCUT2D eigenvalue weighted by Crippen LogP contribution is -2.45. The number of hydrogen-bond acceptors (Lipinski definition) is 7. The predicted molar refractivity (Wildman–Crippen MR) is 116 cm³/mol. The van der Waals surface area contributed by atoms with Gasteiger partial charge in [0.05, 0.1) is 28.7 Å². The molecule has 4 rings (SSSR count). The van der Waals surface area contributed by atoms with Gasteiger partial charge in [0.2, 0.25) is 0 Å². The van der Waals surface area contributed by atoms with Crippen molar-refractivity contribution < 1.29 is 22.8 Å². The summed E-state index contributed by atoms with van der Waals surface area (Å²) in [6, 6.07) is 9.38. The van der Waals surface area contributed by atoms with Gasteiger partial charge >= 0.3 is 0 Å². The van der Waals surface area contributed by atoms with Gasteiger partial charge in [-0.1, -0.05) is 17.7 Å². The summed E-state index contributed by atoms with van der Waals surface area (Å²) in [6.07, 6.45) is 1.19. The molecule has 2 aliphatic rings. The zero-order chi connectivity index (χ0) is 22.2. The van der Waals surface area contributed by atoms with Gasteiger partial charge in [0.1, 0.15) is 5.69 Å². The molecule has 2 heterocycles. The van der Waals surface area contributed by atoms with Crippen molar-refractivity contribution in [2.45, 2.75) is 37.4 Å².